The Bertz CT molecular complexity index is 615. The van der Waals surface area contributed by atoms with Crippen molar-refractivity contribution in [3.05, 3.63) is 11.1 Å². The third kappa shape index (κ3) is 5.22. The second-order valence-electron chi connectivity index (χ2n) is 5.61. The Labute approximate surface area is 135 Å². The molecule has 22 heavy (non-hydrogen) atoms. The van der Waals surface area contributed by atoms with Crippen LogP contribution in [0.15, 0.2) is 5.38 Å². The second-order valence-corrected chi connectivity index (χ2v) is 8.48. The Morgan fingerprint density at radius 2 is 2.36 bits per heavy atom. The van der Waals surface area contributed by atoms with Gasteiger partial charge >= 0.3 is 0 Å². The van der Waals surface area contributed by atoms with Gasteiger partial charge in [-0.1, -0.05) is 0 Å². The molecule has 7 nitrogen and oxygen atoms in total. The van der Waals surface area contributed by atoms with E-state index in [2.05, 4.69) is 10.3 Å². The summed E-state index contributed by atoms with van der Waals surface area (Å²) >= 11 is 1.37. The number of sulfonamides is 1. The molecule has 0 aromatic carbocycles. The number of hydrogen-bond donors (Lipinski definition) is 2. The molecule has 0 unspecified atom stereocenters. The highest BCUT2D eigenvalue weighted by molar-refractivity contribution is 7.88. The lowest BCUT2D eigenvalue weighted by molar-refractivity contribution is -0.121. The number of rotatable bonds is 6. The number of carbonyl (C=O) groups is 1. The SMILES string of the molecule is CS(=O)(=O)N1CCC[C@H](CNC(=O)CCc2csc(N)n2)C1. The number of hydrogen-bond acceptors (Lipinski definition) is 6. The van der Waals surface area contributed by atoms with Gasteiger partial charge in [0.25, 0.3) is 0 Å². The highest BCUT2D eigenvalue weighted by Crippen LogP contribution is 2.18. The van der Waals surface area contributed by atoms with E-state index >= 15 is 0 Å². The van der Waals surface area contributed by atoms with Crippen LogP contribution in [-0.4, -0.2) is 49.5 Å². The molecule has 0 bridgehead atoms. The van der Waals surface area contributed by atoms with E-state index in [-0.39, 0.29) is 11.8 Å². The lowest BCUT2D eigenvalue weighted by Crippen LogP contribution is -2.43. The summed E-state index contributed by atoms with van der Waals surface area (Å²) in [4.78, 5) is 16.0. The molecule has 3 N–H and O–H groups in total. The fourth-order valence-electron chi connectivity index (χ4n) is 2.52. The summed E-state index contributed by atoms with van der Waals surface area (Å²) in [5, 5.41) is 5.25. The number of anilines is 1. The number of nitrogens with one attached hydrogen (secondary N) is 1. The molecule has 1 aliphatic rings. The van der Waals surface area contributed by atoms with E-state index in [4.69, 9.17) is 5.73 Å². The van der Waals surface area contributed by atoms with E-state index in [1.165, 1.54) is 21.9 Å². The Morgan fingerprint density at radius 1 is 1.59 bits per heavy atom. The summed E-state index contributed by atoms with van der Waals surface area (Å²) in [5.74, 6) is 0.144. The van der Waals surface area contributed by atoms with Gasteiger partial charge in [-0.25, -0.2) is 17.7 Å². The summed E-state index contributed by atoms with van der Waals surface area (Å²) in [5.41, 5.74) is 6.37. The van der Waals surface area contributed by atoms with Gasteiger partial charge in [-0.15, -0.1) is 11.3 Å². The molecule has 1 aromatic rings. The smallest absolute Gasteiger partial charge is 0.220 e. The van der Waals surface area contributed by atoms with Crippen LogP contribution in [0.5, 0.6) is 0 Å². The minimum Gasteiger partial charge on any atom is -0.375 e. The van der Waals surface area contributed by atoms with Gasteiger partial charge in [-0.2, -0.15) is 0 Å². The third-order valence-electron chi connectivity index (χ3n) is 3.72. The van der Waals surface area contributed by atoms with Gasteiger partial charge in [0.15, 0.2) is 5.13 Å². The molecule has 2 rings (SSSR count). The van der Waals surface area contributed by atoms with Crippen molar-refractivity contribution >= 4 is 32.4 Å². The molecule has 2 heterocycles. The van der Waals surface area contributed by atoms with Gasteiger partial charge in [0.1, 0.15) is 0 Å². The van der Waals surface area contributed by atoms with Crippen molar-refractivity contribution in [2.24, 2.45) is 5.92 Å². The van der Waals surface area contributed by atoms with Crippen molar-refractivity contribution in [1.82, 2.24) is 14.6 Å². The average Bonchev–Trinajstić information content (AvgIpc) is 2.88. The average molecular weight is 346 g/mol. The number of amides is 1. The third-order valence-corrected chi connectivity index (χ3v) is 5.71. The van der Waals surface area contributed by atoms with E-state index in [9.17, 15) is 13.2 Å². The van der Waals surface area contributed by atoms with Crippen molar-refractivity contribution in [1.29, 1.82) is 0 Å². The lowest BCUT2D eigenvalue weighted by atomic mass is 9.99. The first-order valence-electron chi connectivity index (χ1n) is 7.26. The van der Waals surface area contributed by atoms with Gasteiger partial charge in [0.05, 0.1) is 11.9 Å². The summed E-state index contributed by atoms with van der Waals surface area (Å²) in [6.45, 7) is 1.58. The topological polar surface area (TPSA) is 105 Å². The van der Waals surface area contributed by atoms with Gasteiger partial charge in [-0.3, -0.25) is 4.79 Å². The summed E-state index contributed by atoms with van der Waals surface area (Å²) < 4.78 is 24.6. The largest absolute Gasteiger partial charge is 0.375 e. The number of nitrogen functional groups attached to an aromatic ring is 1. The highest BCUT2D eigenvalue weighted by Gasteiger charge is 2.25. The lowest BCUT2D eigenvalue weighted by Gasteiger charge is -2.30. The summed E-state index contributed by atoms with van der Waals surface area (Å²) in [7, 11) is -3.14. The van der Waals surface area contributed by atoms with E-state index in [0.29, 0.717) is 37.6 Å². The van der Waals surface area contributed by atoms with Gasteiger partial charge in [-0.05, 0) is 25.2 Å². The minimum atomic E-state index is -3.14. The van der Waals surface area contributed by atoms with Crippen LogP contribution in [0.1, 0.15) is 25.0 Å². The maximum absolute atomic E-state index is 11.8. The van der Waals surface area contributed by atoms with Crippen LogP contribution in [0.2, 0.25) is 0 Å². The molecule has 124 valence electrons. The normalized spacial score (nSPS) is 20.0. The predicted molar refractivity (Wildman–Crippen MR) is 87.0 cm³/mol. The summed E-state index contributed by atoms with van der Waals surface area (Å²) in [6.07, 6.45) is 3.94. The Balaban J connectivity index is 1.71. The zero-order valence-corrected chi connectivity index (χ0v) is 14.3. The zero-order valence-electron chi connectivity index (χ0n) is 12.6. The van der Waals surface area contributed by atoms with Crippen LogP contribution in [0, 0.1) is 5.92 Å². The summed E-state index contributed by atoms with van der Waals surface area (Å²) in [6, 6.07) is 0. The van der Waals surface area contributed by atoms with E-state index in [1.807, 2.05) is 5.38 Å². The molecule has 1 amide bonds. The Hall–Kier alpha value is -1.19. The van der Waals surface area contributed by atoms with Crippen LogP contribution < -0.4 is 11.1 Å². The molecule has 0 spiro atoms. The minimum absolute atomic E-state index is 0.0388. The van der Waals surface area contributed by atoms with Crippen molar-refractivity contribution in [2.45, 2.75) is 25.7 Å². The molecular weight excluding hydrogens is 324 g/mol. The zero-order chi connectivity index (χ0) is 16.2. The number of nitrogens with two attached hydrogens (primary N) is 1. The van der Waals surface area contributed by atoms with Crippen LogP contribution >= 0.6 is 11.3 Å². The Kier molecular flexibility index (Phi) is 5.76. The van der Waals surface area contributed by atoms with Gasteiger partial charge in [0, 0.05) is 31.4 Å². The number of aryl methyl sites for hydroxylation is 1. The number of nitrogens with zero attached hydrogens (tertiary/aromatic N) is 2. The Morgan fingerprint density at radius 3 is 3.00 bits per heavy atom. The van der Waals surface area contributed by atoms with Crippen molar-refractivity contribution < 1.29 is 13.2 Å². The van der Waals surface area contributed by atoms with Crippen molar-refractivity contribution in [3.63, 3.8) is 0 Å². The first kappa shape index (κ1) is 17.2. The molecule has 1 fully saturated rings. The molecule has 1 aromatic heterocycles. The monoisotopic (exact) mass is 346 g/mol. The van der Waals surface area contributed by atoms with E-state index < -0.39 is 10.0 Å². The molecule has 0 aliphatic carbocycles. The van der Waals surface area contributed by atoms with Gasteiger partial charge in [0.2, 0.25) is 15.9 Å². The molecule has 1 atom stereocenters. The molecular formula is C13H22N4O3S2. The standard InChI is InChI=1S/C13H22N4O3S2/c1-22(19,20)17-6-2-3-10(8-17)7-15-12(18)5-4-11-9-21-13(14)16-11/h9-10H,2-8H2,1H3,(H2,14,16)(H,15,18)/t10-/m1/s1. The maximum Gasteiger partial charge on any atom is 0.220 e. The molecule has 0 saturated carbocycles. The van der Waals surface area contributed by atoms with Crippen molar-refractivity contribution in [2.75, 3.05) is 31.6 Å². The fourth-order valence-corrected chi connectivity index (χ4v) is 4.06. The number of piperidine rings is 1. The molecule has 0 radical (unpaired) electrons. The molecule has 9 heteroatoms. The van der Waals surface area contributed by atoms with Crippen molar-refractivity contribution in [3.8, 4) is 0 Å². The molecule has 1 saturated heterocycles. The van der Waals surface area contributed by atoms with Crippen LogP contribution in [-0.2, 0) is 21.2 Å². The second kappa shape index (κ2) is 7.38. The highest BCUT2D eigenvalue weighted by atomic mass is 32.2. The number of aromatic nitrogens is 1. The quantitative estimate of drug-likeness (QED) is 0.778. The van der Waals surface area contributed by atoms with E-state index in [0.717, 1.165) is 18.5 Å². The van der Waals surface area contributed by atoms with Gasteiger partial charge < -0.3 is 11.1 Å². The first-order valence-corrected chi connectivity index (χ1v) is 9.99. The van der Waals surface area contributed by atoms with Crippen LogP contribution in [0.3, 0.4) is 0 Å². The first-order chi connectivity index (χ1) is 10.3. The number of carbonyl (C=O) groups excluding carboxylic acids is 1. The van der Waals surface area contributed by atoms with Crippen LogP contribution in [0.25, 0.3) is 0 Å². The predicted octanol–water partition coefficient (Wildman–Crippen LogP) is 0.446. The van der Waals surface area contributed by atoms with Crippen LogP contribution in [0.4, 0.5) is 5.13 Å². The molecule has 1 aliphatic heterocycles. The van der Waals surface area contributed by atoms with E-state index in [1.54, 1.807) is 0 Å². The maximum atomic E-state index is 11.8. The number of thiazole rings is 1. The fraction of sp³-hybridized carbons (Fsp3) is 0.692.